The summed E-state index contributed by atoms with van der Waals surface area (Å²) in [6, 6.07) is 11.8. The fourth-order valence-electron chi connectivity index (χ4n) is 3.66. The Labute approximate surface area is 177 Å². The highest BCUT2D eigenvalue weighted by Crippen LogP contribution is 2.36. The SMILES string of the molecule is CCOCCCNC(=O)C[C@@H]1c2ccccc2CCN1S(=O)(=O)c1ccc(F)cc1. The summed E-state index contributed by atoms with van der Waals surface area (Å²) in [5.74, 6) is -0.714. The summed E-state index contributed by atoms with van der Waals surface area (Å²) in [5, 5.41) is 2.85. The third-order valence-electron chi connectivity index (χ3n) is 5.15. The van der Waals surface area contributed by atoms with Crippen molar-refractivity contribution in [2.24, 2.45) is 0 Å². The summed E-state index contributed by atoms with van der Waals surface area (Å²) in [6.07, 6.45) is 1.27. The summed E-state index contributed by atoms with van der Waals surface area (Å²) in [5.41, 5.74) is 1.87. The van der Waals surface area contributed by atoms with Gasteiger partial charge < -0.3 is 10.1 Å². The van der Waals surface area contributed by atoms with Crippen molar-refractivity contribution in [3.63, 3.8) is 0 Å². The van der Waals surface area contributed by atoms with Gasteiger partial charge in [0.05, 0.1) is 10.9 Å². The van der Waals surface area contributed by atoms with Crippen molar-refractivity contribution < 1.29 is 22.3 Å². The zero-order valence-electron chi connectivity index (χ0n) is 17.0. The summed E-state index contributed by atoms with van der Waals surface area (Å²) in [7, 11) is -3.88. The van der Waals surface area contributed by atoms with E-state index in [0.717, 1.165) is 23.3 Å². The van der Waals surface area contributed by atoms with E-state index in [9.17, 15) is 17.6 Å². The predicted octanol–water partition coefficient (Wildman–Crippen LogP) is 3.05. The average Bonchev–Trinajstić information content (AvgIpc) is 2.74. The maximum atomic E-state index is 13.3. The molecule has 1 heterocycles. The fourth-order valence-corrected chi connectivity index (χ4v) is 5.27. The molecule has 2 aromatic rings. The van der Waals surface area contributed by atoms with Crippen LogP contribution in [0.4, 0.5) is 4.39 Å². The molecule has 30 heavy (non-hydrogen) atoms. The lowest BCUT2D eigenvalue weighted by molar-refractivity contribution is -0.122. The maximum Gasteiger partial charge on any atom is 0.243 e. The quantitative estimate of drug-likeness (QED) is 0.616. The van der Waals surface area contributed by atoms with Gasteiger partial charge in [0.1, 0.15) is 5.82 Å². The van der Waals surface area contributed by atoms with Crippen LogP contribution in [0.25, 0.3) is 0 Å². The van der Waals surface area contributed by atoms with Crippen LogP contribution in [0.3, 0.4) is 0 Å². The predicted molar refractivity (Wildman–Crippen MR) is 112 cm³/mol. The zero-order valence-corrected chi connectivity index (χ0v) is 17.8. The van der Waals surface area contributed by atoms with E-state index in [1.54, 1.807) is 0 Å². The molecule has 3 rings (SSSR count). The van der Waals surface area contributed by atoms with E-state index < -0.39 is 21.9 Å². The monoisotopic (exact) mass is 434 g/mol. The fraction of sp³-hybridized carbons (Fsp3) is 0.409. The first-order valence-electron chi connectivity index (χ1n) is 10.1. The van der Waals surface area contributed by atoms with Gasteiger partial charge in [0.25, 0.3) is 0 Å². The van der Waals surface area contributed by atoms with Crippen molar-refractivity contribution in [1.29, 1.82) is 0 Å². The number of sulfonamides is 1. The molecule has 8 heteroatoms. The van der Waals surface area contributed by atoms with Crippen molar-refractivity contribution >= 4 is 15.9 Å². The Kier molecular flexibility index (Phi) is 7.58. The van der Waals surface area contributed by atoms with Crippen molar-refractivity contribution in [3.05, 3.63) is 65.5 Å². The molecule has 0 radical (unpaired) electrons. The number of hydrogen-bond donors (Lipinski definition) is 1. The Bertz CT molecular complexity index is 963. The molecule has 1 aliphatic heterocycles. The van der Waals surface area contributed by atoms with E-state index in [-0.39, 0.29) is 23.8 Å². The molecule has 0 unspecified atom stereocenters. The molecule has 1 atom stereocenters. The van der Waals surface area contributed by atoms with E-state index >= 15 is 0 Å². The molecule has 0 aromatic heterocycles. The molecule has 2 aromatic carbocycles. The Morgan fingerprint density at radius 2 is 1.93 bits per heavy atom. The third kappa shape index (κ3) is 5.24. The van der Waals surface area contributed by atoms with E-state index in [0.29, 0.717) is 32.6 Å². The minimum absolute atomic E-state index is 0.0189. The number of carbonyl (C=O) groups excluding carboxylic acids is 1. The number of halogens is 1. The second-order valence-corrected chi connectivity index (χ2v) is 9.03. The molecule has 0 aliphatic carbocycles. The first kappa shape index (κ1) is 22.4. The molecular formula is C22H27FN2O4S. The molecule has 1 amide bonds. The lowest BCUT2D eigenvalue weighted by Gasteiger charge is -2.36. The average molecular weight is 435 g/mol. The van der Waals surface area contributed by atoms with Gasteiger partial charge in [-0.25, -0.2) is 12.8 Å². The van der Waals surface area contributed by atoms with Gasteiger partial charge in [-0.3, -0.25) is 4.79 Å². The van der Waals surface area contributed by atoms with Gasteiger partial charge in [-0.2, -0.15) is 4.31 Å². The highest BCUT2D eigenvalue weighted by Gasteiger charge is 2.37. The largest absolute Gasteiger partial charge is 0.382 e. The van der Waals surface area contributed by atoms with Gasteiger partial charge >= 0.3 is 0 Å². The smallest absolute Gasteiger partial charge is 0.243 e. The van der Waals surface area contributed by atoms with Crippen LogP contribution in [0, 0.1) is 5.82 Å². The zero-order chi connectivity index (χ0) is 21.6. The summed E-state index contributed by atoms with van der Waals surface area (Å²) in [6.45, 7) is 3.84. The van der Waals surface area contributed by atoms with Gasteiger partial charge in [0.15, 0.2) is 0 Å². The van der Waals surface area contributed by atoms with Crippen LogP contribution in [-0.4, -0.2) is 44.9 Å². The number of nitrogens with one attached hydrogen (secondary N) is 1. The molecule has 0 bridgehead atoms. The molecular weight excluding hydrogens is 407 g/mol. The maximum absolute atomic E-state index is 13.3. The number of ether oxygens (including phenoxy) is 1. The number of hydrogen-bond acceptors (Lipinski definition) is 4. The third-order valence-corrected chi connectivity index (χ3v) is 7.08. The van der Waals surface area contributed by atoms with Gasteiger partial charge in [-0.15, -0.1) is 0 Å². The van der Waals surface area contributed by atoms with E-state index in [1.165, 1.54) is 16.4 Å². The minimum Gasteiger partial charge on any atom is -0.382 e. The van der Waals surface area contributed by atoms with Crippen molar-refractivity contribution in [1.82, 2.24) is 9.62 Å². The van der Waals surface area contributed by atoms with Gasteiger partial charge in [0.2, 0.25) is 15.9 Å². The Morgan fingerprint density at radius 1 is 1.20 bits per heavy atom. The topological polar surface area (TPSA) is 75.7 Å². The Hall–Kier alpha value is -2.29. The number of amides is 1. The first-order chi connectivity index (χ1) is 14.4. The van der Waals surface area contributed by atoms with Gasteiger partial charge in [-0.05, 0) is 55.2 Å². The van der Waals surface area contributed by atoms with E-state index in [1.807, 2.05) is 31.2 Å². The number of rotatable bonds is 9. The van der Waals surface area contributed by atoms with Crippen molar-refractivity contribution in [3.8, 4) is 0 Å². The summed E-state index contributed by atoms with van der Waals surface area (Å²) in [4.78, 5) is 12.6. The van der Waals surface area contributed by atoms with Gasteiger partial charge in [-0.1, -0.05) is 24.3 Å². The summed E-state index contributed by atoms with van der Waals surface area (Å²) < 4.78 is 46.5. The van der Waals surface area contributed by atoms with Crippen LogP contribution < -0.4 is 5.32 Å². The molecule has 1 aliphatic rings. The Morgan fingerprint density at radius 3 is 2.67 bits per heavy atom. The highest BCUT2D eigenvalue weighted by molar-refractivity contribution is 7.89. The standard InChI is InChI=1S/C22H27FN2O4S/c1-2-29-15-5-13-24-22(26)16-21-20-7-4-3-6-17(20)12-14-25(21)30(27,28)19-10-8-18(23)9-11-19/h3-4,6-11,21H,2,5,12-16H2,1H3,(H,24,26)/t21-/m1/s1. The van der Waals surface area contributed by atoms with Crippen LogP contribution in [0.5, 0.6) is 0 Å². The van der Waals surface area contributed by atoms with Crippen LogP contribution in [0.1, 0.15) is 36.9 Å². The molecule has 0 fully saturated rings. The Balaban J connectivity index is 1.81. The molecule has 162 valence electrons. The molecule has 0 saturated carbocycles. The van der Waals surface area contributed by atoms with Crippen molar-refractivity contribution in [2.45, 2.75) is 37.1 Å². The lowest BCUT2D eigenvalue weighted by atomic mass is 9.92. The lowest BCUT2D eigenvalue weighted by Crippen LogP contribution is -2.42. The normalized spacial score (nSPS) is 16.8. The van der Waals surface area contributed by atoms with Crippen molar-refractivity contribution in [2.75, 3.05) is 26.3 Å². The van der Waals surface area contributed by atoms with Crippen LogP contribution in [0.15, 0.2) is 53.4 Å². The van der Waals surface area contributed by atoms with Crippen LogP contribution in [0.2, 0.25) is 0 Å². The number of carbonyl (C=O) groups is 1. The molecule has 0 saturated heterocycles. The molecule has 0 spiro atoms. The van der Waals surface area contributed by atoms with E-state index in [4.69, 9.17) is 4.74 Å². The number of nitrogens with zero attached hydrogens (tertiary/aromatic N) is 1. The minimum atomic E-state index is -3.88. The molecule has 6 nitrogen and oxygen atoms in total. The first-order valence-corrected chi connectivity index (χ1v) is 11.6. The van der Waals surface area contributed by atoms with E-state index in [2.05, 4.69) is 5.32 Å². The number of benzene rings is 2. The second kappa shape index (κ2) is 10.1. The summed E-state index contributed by atoms with van der Waals surface area (Å²) >= 11 is 0. The number of fused-ring (bicyclic) bond motifs is 1. The van der Waals surface area contributed by atoms with Gasteiger partial charge in [0, 0.05) is 32.7 Å². The van der Waals surface area contributed by atoms with Crippen LogP contribution in [-0.2, 0) is 26.0 Å². The highest BCUT2D eigenvalue weighted by atomic mass is 32.2. The molecule has 1 N–H and O–H groups in total. The second-order valence-electron chi connectivity index (χ2n) is 7.14. The van der Waals surface area contributed by atoms with Crippen LogP contribution >= 0.6 is 0 Å².